The summed E-state index contributed by atoms with van der Waals surface area (Å²) in [7, 11) is 0. The Kier molecular flexibility index (Phi) is 8.33. The van der Waals surface area contributed by atoms with Crippen molar-refractivity contribution in [2.24, 2.45) is 22.7 Å². The fraction of sp³-hybridized carbons (Fsp3) is 0.774. The molecule has 0 radical (unpaired) electrons. The molecule has 1 unspecified atom stereocenters. The maximum atomic E-state index is 17.5. The number of fused-ring (bicyclic) bond motifs is 7. The van der Waals surface area contributed by atoms with E-state index in [9.17, 15) is 19.5 Å². The van der Waals surface area contributed by atoms with Gasteiger partial charge >= 0.3 is 0 Å². The number of aliphatic hydroxyl groups excluding tert-OH is 1. The molecule has 11 heteroatoms. The average Bonchev–Trinajstić information content (AvgIpc) is 3.40. The number of carbonyl (C=O) groups is 3. The number of alkyl halides is 2. The summed E-state index contributed by atoms with van der Waals surface area (Å²) in [6.45, 7) is 8.70. The number of halogens is 2. The molecule has 1 amide bonds. The number of ether oxygens (including phenoxy) is 3. The topological polar surface area (TPSA) is 123 Å². The van der Waals surface area contributed by atoms with E-state index in [2.05, 4.69) is 10.6 Å². The van der Waals surface area contributed by atoms with E-state index in [0.29, 0.717) is 6.42 Å². The second-order valence-electron chi connectivity index (χ2n) is 13.3. The largest absolute Gasteiger partial charge is 0.390 e. The molecule has 3 saturated carbocycles. The van der Waals surface area contributed by atoms with Gasteiger partial charge in [0.2, 0.25) is 5.91 Å². The van der Waals surface area contributed by atoms with E-state index < -0.39 is 70.2 Å². The molecule has 1 aliphatic heterocycles. The van der Waals surface area contributed by atoms with Gasteiger partial charge in [0.25, 0.3) is 0 Å². The molecule has 5 rings (SSSR count). The molecular formula is C31H44F2N2O7. The van der Waals surface area contributed by atoms with Crippen LogP contribution < -0.4 is 10.6 Å². The third kappa shape index (κ3) is 4.53. The highest BCUT2D eigenvalue weighted by molar-refractivity contribution is 6.01. The number of amides is 1. The van der Waals surface area contributed by atoms with Crippen LogP contribution >= 0.6 is 0 Å². The highest BCUT2D eigenvalue weighted by atomic mass is 19.1. The van der Waals surface area contributed by atoms with Gasteiger partial charge in [-0.15, -0.1) is 0 Å². The zero-order valence-electron chi connectivity index (χ0n) is 25.1. The van der Waals surface area contributed by atoms with E-state index in [1.807, 2.05) is 27.7 Å². The van der Waals surface area contributed by atoms with Gasteiger partial charge in [-0.2, -0.15) is 0 Å². The Morgan fingerprint density at radius 2 is 1.98 bits per heavy atom. The Morgan fingerprint density at radius 3 is 2.67 bits per heavy atom. The third-order valence-electron chi connectivity index (χ3n) is 10.6. The predicted molar refractivity (Wildman–Crippen MR) is 149 cm³/mol. The molecule has 10 atom stereocenters. The fourth-order valence-corrected chi connectivity index (χ4v) is 8.63. The number of ketones is 2. The lowest BCUT2D eigenvalue weighted by atomic mass is 9.44. The summed E-state index contributed by atoms with van der Waals surface area (Å²) in [5.41, 5.74) is -6.36. The molecular weight excluding hydrogens is 550 g/mol. The summed E-state index contributed by atoms with van der Waals surface area (Å²) in [5, 5.41) is 17.3. The lowest BCUT2D eigenvalue weighted by Gasteiger charge is -2.63. The summed E-state index contributed by atoms with van der Waals surface area (Å²) in [5.74, 6) is -2.60. The van der Waals surface area contributed by atoms with Gasteiger partial charge in [-0.1, -0.05) is 40.2 Å². The highest BCUT2D eigenvalue weighted by Gasteiger charge is 2.80. The Bertz CT molecular complexity index is 1180. The Morgan fingerprint density at radius 1 is 1.24 bits per heavy atom. The van der Waals surface area contributed by atoms with Gasteiger partial charge in [-0.25, -0.2) is 8.78 Å². The maximum Gasteiger partial charge on any atom is 0.235 e. The normalized spacial score (nSPS) is 43.8. The molecule has 0 spiro atoms. The summed E-state index contributed by atoms with van der Waals surface area (Å²) in [6, 6.07) is 0.133. The number of allylic oxidation sites excluding steroid dienone is 4. The van der Waals surface area contributed by atoms with Gasteiger partial charge in [-0.05, 0) is 56.3 Å². The molecule has 0 aromatic rings. The number of carbonyl (C=O) groups excluding carboxylic acids is 3. The molecule has 0 aromatic heterocycles. The van der Waals surface area contributed by atoms with Gasteiger partial charge < -0.3 is 30.0 Å². The lowest BCUT2D eigenvalue weighted by molar-refractivity contribution is -0.235. The molecule has 9 nitrogen and oxygen atoms in total. The van der Waals surface area contributed by atoms with Crippen LogP contribution in [0.25, 0.3) is 0 Å². The van der Waals surface area contributed by atoms with Crippen LogP contribution in [0.5, 0.6) is 0 Å². The number of hydrogen-bond donors (Lipinski definition) is 3. The highest BCUT2D eigenvalue weighted by Crippen LogP contribution is 2.72. The van der Waals surface area contributed by atoms with Crippen LogP contribution in [0.2, 0.25) is 0 Å². The first kappa shape index (κ1) is 31.4. The SMILES string of the molecule is CCCC1O[C@@H]2C[C@H]3[C@@H]4C[C@H](F)C5=CC(=O)C=C[C@]5(C)[C@@]4(F)[C@@H](O)C[C@]3(C)[C@]2(C(=O)COCNC(=O)CNC(C)C)O1. The molecule has 0 bridgehead atoms. The number of rotatable bonds is 10. The molecule has 3 N–H and O–H groups in total. The van der Waals surface area contributed by atoms with E-state index in [1.54, 1.807) is 6.92 Å². The van der Waals surface area contributed by atoms with Crippen molar-refractivity contribution in [2.45, 2.75) is 109 Å². The third-order valence-corrected chi connectivity index (χ3v) is 10.6. The average molecular weight is 595 g/mol. The number of nitrogens with one attached hydrogen (secondary N) is 2. The van der Waals surface area contributed by atoms with Crippen molar-refractivity contribution in [1.82, 2.24) is 10.6 Å². The van der Waals surface area contributed by atoms with E-state index in [0.717, 1.165) is 12.5 Å². The zero-order chi connectivity index (χ0) is 30.7. The summed E-state index contributed by atoms with van der Waals surface area (Å²) < 4.78 is 51.6. The first-order valence-electron chi connectivity index (χ1n) is 15.1. The molecule has 42 heavy (non-hydrogen) atoms. The standard InChI is InChI=1S/C31H44F2N2O7/c1-6-7-27-41-25-12-19-20-11-22(32)21-10-18(36)8-9-28(21,4)30(20,33)23(37)13-29(19,5)31(25,42-27)24(38)15-40-16-35-26(39)14-34-17(2)3/h8-10,17,19-20,22-23,25,27,34,37H,6-7,11-16H2,1-5H3,(H,35,39)/t19-,20-,22-,23-,25+,27?,28-,29-,30-,31+/m0/s1. The van der Waals surface area contributed by atoms with E-state index in [1.165, 1.54) is 12.2 Å². The minimum atomic E-state index is -2.26. The Labute approximate surface area is 245 Å². The Balaban J connectivity index is 1.42. The second-order valence-corrected chi connectivity index (χ2v) is 13.3. The van der Waals surface area contributed by atoms with Gasteiger partial charge in [0.05, 0.1) is 18.8 Å². The monoisotopic (exact) mass is 594 g/mol. The van der Waals surface area contributed by atoms with E-state index in [4.69, 9.17) is 14.2 Å². The van der Waals surface area contributed by atoms with Crippen molar-refractivity contribution in [3.8, 4) is 0 Å². The molecule has 1 saturated heterocycles. The fourth-order valence-electron chi connectivity index (χ4n) is 8.63. The van der Waals surface area contributed by atoms with Gasteiger partial charge in [0, 0.05) is 22.8 Å². The minimum absolute atomic E-state index is 0.0509. The summed E-state index contributed by atoms with van der Waals surface area (Å²) in [6.07, 6.45) is 0.482. The molecule has 4 aliphatic carbocycles. The number of hydrogen-bond acceptors (Lipinski definition) is 8. The minimum Gasteiger partial charge on any atom is -0.390 e. The quantitative estimate of drug-likeness (QED) is 0.261. The molecule has 5 aliphatic rings. The van der Waals surface area contributed by atoms with Crippen molar-refractivity contribution < 1.29 is 42.5 Å². The zero-order valence-corrected chi connectivity index (χ0v) is 25.1. The van der Waals surface area contributed by atoms with Crippen molar-refractivity contribution >= 4 is 17.5 Å². The van der Waals surface area contributed by atoms with Crippen molar-refractivity contribution in [2.75, 3.05) is 19.9 Å². The van der Waals surface area contributed by atoms with Crippen molar-refractivity contribution in [3.63, 3.8) is 0 Å². The van der Waals surface area contributed by atoms with Crippen LogP contribution in [0.1, 0.15) is 66.7 Å². The lowest BCUT2D eigenvalue weighted by Crippen LogP contribution is -2.71. The molecule has 1 heterocycles. The van der Waals surface area contributed by atoms with Crippen molar-refractivity contribution in [1.29, 1.82) is 0 Å². The predicted octanol–water partition coefficient (Wildman–Crippen LogP) is 2.85. The number of Topliss-reactive ketones (excluding diaryl/α,β-unsaturated/α-hetero) is 1. The summed E-state index contributed by atoms with van der Waals surface area (Å²) in [4.78, 5) is 38.2. The smallest absolute Gasteiger partial charge is 0.235 e. The summed E-state index contributed by atoms with van der Waals surface area (Å²) >= 11 is 0. The van der Waals surface area contributed by atoms with Crippen LogP contribution in [-0.2, 0) is 28.6 Å². The van der Waals surface area contributed by atoms with Crippen LogP contribution in [0.15, 0.2) is 23.8 Å². The van der Waals surface area contributed by atoms with Gasteiger partial charge in [0.1, 0.15) is 19.5 Å². The van der Waals surface area contributed by atoms with Crippen LogP contribution in [-0.4, -0.2) is 84.4 Å². The molecule has 0 aromatic carbocycles. The number of aliphatic hydroxyl groups is 1. The van der Waals surface area contributed by atoms with Crippen LogP contribution in [0.4, 0.5) is 8.78 Å². The molecule has 234 valence electrons. The van der Waals surface area contributed by atoms with Crippen LogP contribution in [0.3, 0.4) is 0 Å². The van der Waals surface area contributed by atoms with E-state index >= 15 is 8.78 Å². The molecule has 4 fully saturated rings. The van der Waals surface area contributed by atoms with E-state index in [-0.39, 0.29) is 56.7 Å². The second kappa shape index (κ2) is 11.1. The van der Waals surface area contributed by atoms with Gasteiger partial charge in [0.15, 0.2) is 29.1 Å². The first-order valence-corrected chi connectivity index (χ1v) is 15.1. The Hall–Kier alpha value is -2.05. The maximum absolute atomic E-state index is 17.5. The first-order chi connectivity index (χ1) is 19.7. The van der Waals surface area contributed by atoms with Crippen molar-refractivity contribution in [3.05, 3.63) is 23.8 Å². The van der Waals surface area contributed by atoms with Gasteiger partial charge in [-0.3, -0.25) is 14.4 Å². The van der Waals surface area contributed by atoms with Crippen LogP contribution in [0, 0.1) is 22.7 Å².